The maximum absolute atomic E-state index is 12.2. The van der Waals surface area contributed by atoms with E-state index in [0.29, 0.717) is 13.0 Å². The zero-order chi connectivity index (χ0) is 14.7. The van der Waals surface area contributed by atoms with Crippen LogP contribution in [0.2, 0.25) is 0 Å². The van der Waals surface area contributed by atoms with E-state index in [2.05, 4.69) is 12.2 Å². The van der Waals surface area contributed by atoms with Crippen LogP contribution >= 0.6 is 0 Å². The van der Waals surface area contributed by atoms with Crippen molar-refractivity contribution in [3.8, 4) is 0 Å². The van der Waals surface area contributed by atoms with Gasteiger partial charge in [-0.1, -0.05) is 25.1 Å². The molecule has 4 nitrogen and oxygen atoms in total. The van der Waals surface area contributed by atoms with Gasteiger partial charge in [0.15, 0.2) is 0 Å². The standard InChI is InChI=1S/C16H22N2O2/c1-4-12-7-5-6-8-14(12)18-10-13(9-15(18)19)16(20)17-11(2)3/h5-8,11,13H,4,9-10H2,1-3H3,(H,17,20)/t13-/m0/s1. The number of hydrogen-bond donors (Lipinski definition) is 1. The van der Waals surface area contributed by atoms with Gasteiger partial charge in [0.05, 0.1) is 5.92 Å². The Morgan fingerprint density at radius 1 is 1.40 bits per heavy atom. The van der Waals surface area contributed by atoms with E-state index in [4.69, 9.17) is 0 Å². The van der Waals surface area contributed by atoms with Gasteiger partial charge >= 0.3 is 0 Å². The molecule has 1 aromatic rings. The molecule has 1 fully saturated rings. The van der Waals surface area contributed by atoms with Crippen LogP contribution in [0.5, 0.6) is 0 Å². The summed E-state index contributed by atoms with van der Waals surface area (Å²) in [7, 11) is 0. The average molecular weight is 274 g/mol. The second-order valence-corrected chi connectivity index (χ2v) is 5.55. The number of aryl methyl sites for hydroxylation is 1. The minimum absolute atomic E-state index is 0.0233. The van der Waals surface area contributed by atoms with Crippen LogP contribution in [-0.4, -0.2) is 24.4 Å². The molecule has 1 aliphatic heterocycles. The van der Waals surface area contributed by atoms with E-state index < -0.39 is 0 Å². The maximum atomic E-state index is 12.2. The Hall–Kier alpha value is -1.84. The van der Waals surface area contributed by atoms with Gasteiger partial charge < -0.3 is 10.2 Å². The van der Waals surface area contributed by atoms with E-state index in [1.54, 1.807) is 4.90 Å². The zero-order valence-electron chi connectivity index (χ0n) is 12.3. The predicted molar refractivity (Wildman–Crippen MR) is 79.6 cm³/mol. The van der Waals surface area contributed by atoms with Crippen LogP contribution in [-0.2, 0) is 16.0 Å². The van der Waals surface area contributed by atoms with Crippen molar-refractivity contribution in [1.82, 2.24) is 5.32 Å². The van der Waals surface area contributed by atoms with Gasteiger partial charge in [-0.3, -0.25) is 9.59 Å². The highest BCUT2D eigenvalue weighted by molar-refractivity contribution is 6.00. The number of benzene rings is 1. The number of hydrogen-bond acceptors (Lipinski definition) is 2. The molecule has 0 saturated carbocycles. The van der Waals surface area contributed by atoms with Crippen molar-refractivity contribution in [3.05, 3.63) is 29.8 Å². The smallest absolute Gasteiger partial charge is 0.227 e. The van der Waals surface area contributed by atoms with Crippen molar-refractivity contribution >= 4 is 17.5 Å². The summed E-state index contributed by atoms with van der Waals surface area (Å²) in [6.45, 7) is 6.41. The fourth-order valence-corrected chi connectivity index (χ4v) is 2.59. The summed E-state index contributed by atoms with van der Waals surface area (Å²) in [5.74, 6) is -0.227. The molecule has 0 aromatic heterocycles. The first-order valence-corrected chi connectivity index (χ1v) is 7.21. The van der Waals surface area contributed by atoms with Gasteiger partial charge in [-0.05, 0) is 31.9 Å². The van der Waals surface area contributed by atoms with Crippen LogP contribution in [0.3, 0.4) is 0 Å². The summed E-state index contributed by atoms with van der Waals surface area (Å²) in [4.78, 5) is 26.0. The third-order valence-electron chi connectivity index (χ3n) is 3.59. The summed E-state index contributed by atoms with van der Waals surface area (Å²) in [6.07, 6.45) is 1.18. The van der Waals surface area contributed by atoms with E-state index in [0.717, 1.165) is 17.7 Å². The molecule has 1 N–H and O–H groups in total. The van der Waals surface area contributed by atoms with E-state index in [9.17, 15) is 9.59 Å². The molecule has 2 rings (SSSR count). The van der Waals surface area contributed by atoms with Gasteiger partial charge in [-0.2, -0.15) is 0 Å². The first-order chi connectivity index (χ1) is 9.52. The van der Waals surface area contributed by atoms with Crippen LogP contribution in [0, 0.1) is 5.92 Å². The highest BCUT2D eigenvalue weighted by Crippen LogP contribution is 2.28. The minimum Gasteiger partial charge on any atom is -0.354 e. The molecule has 1 atom stereocenters. The highest BCUT2D eigenvalue weighted by Gasteiger charge is 2.35. The number of rotatable bonds is 4. The summed E-state index contributed by atoms with van der Waals surface area (Å²) >= 11 is 0. The lowest BCUT2D eigenvalue weighted by atomic mass is 10.1. The summed E-state index contributed by atoms with van der Waals surface area (Å²) in [6, 6.07) is 8.01. The van der Waals surface area contributed by atoms with Gasteiger partial charge in [-0.15, -0.1) is 0 Å². The number of para-hydroxylation sites is 1. The summed E-state index contributed by atoms with van der Waals surface area (Å²) < 4.78 is 0. The third kappa shape index (κ3) is 3.00. The SMILES string of the molecule is CCc1ccccc1N1C[C@@H](C(=O)NC(C)C)CC1=O. The third-order valence-corrected chi connectivity index (χ3v) is 3.59. The van der Waals surface area contributed by atoms with Crippen LogP contribution < -0.4 is 10.2 Å². The molecule has 108 valence electrons. The molecule has 0 radical (unpaired) electrons. The molecule has 0 unspecified atom stereocenters. The predicted octanol–water partition coefficient (Wildman–Crippen LogP) is 2.13. The highest BCUT2D eigenvalue weighted by atomic mass is 16.2. The fraction of sp³-hybridized carbons (Fsp3) is 0.500. The lowest BCUT2D eigenvalue weighted by molar-refractivity contribution is -0.126. The molecule has 0 aliphatic carbocycles. The number of anilines is 1. The largest absolute Gasteiger partial charge is 0.354 e. The van der Waals surface area contributed by atoms with Crippen LogP contribution in [0.4, 0.5) is 5.69 Å². The first-order valence-electron chi connectivity index (χ1n) is 7.21. The van der Waals surface area contributed by atoms with Gasteiger partial charge in [0.2, 0.25) is 11.8 Å². The quantitative estimate of drug-likeness (QED) is 0.914. The molecule has 1 aromatic carbocycles. The Labute approximate surface area is 120 Å². The second-order valence-electron chi connectivity index (χ2n) is 5.55. The van der Waals surface area contributed by atoms with E-state index in [-0.39, 0.29) is 23.8 Å². The Bertz CT molecular complexity index is 511. The van der Waals surface area contributed by atoms with Gasteiger partial charge in [-0.25, -0.2) is 0 Å². The second kappa shape index (κ2) is 6.07. The van der Waals surface area contributed by atoms with Crippen molar-refractivity contribution in [1.29, 1.82) is 0 Å². The number of nitrogens with zero attached hydrogens (tertiary/aromatic N) is 1. The first kappa shape index (κ1) is 14.6. The summed E-state index contributed by atoms with van der Waals surface area (Å²) in [5.41, 5.74) is 2.09. The Morgan fingerprint density at radius 3 is 2.75 bits per heavy atom. The molecule has 1 heterocycles. The minimum atomic E-state index is -0.241. The molecular formula is C16H22N2O2. The van der Waals surface area contributed by atoms with Gasteiger partial charge in [0, 0.05) is 24.7 Å². The molecule has 4 heteroatoms. The van der Waals surface area contributed by atoms with Crippen molar-refractivity contribution < 1.29 is 9.59 Å². The van der Waals surface area contributed by atoms with E-state index in [1.165, 1.54) is 0 Å². The van der Waals surface area contributed by atoms with Crippen molar-refractivity contribution in [2.24, 2.45) is 5.92 Å². The molecule has 0 spiro atoms. The van der Waals surface area contributed by atoms with Crippen LogP contribution in [0.25, 0.3) is 0 Å². The molecule has 2 amide bonds. The normalized spacial score (nSPS) is 18.7. The van der Waals surface area contributed by atoms with E-state index >= 15 is 0 Å². The van der Waals surface area contributed by atoms with Gasteiger partial charge in [0.1, 0.15) is 0 Å². The maximum Gasteiger partial charge on any atom is 0.227 e. The van der Waals surface area contributed by atoms with Crippen molar-refractivity contribution in [2.45, 2.75) is 39.7 Å². The molecule has 1 aliphatic rings. The van der Waals surface area contributed by atoms with Crippen molar-refractivity contribution in [2.75, 3.05) is 11.4 Å². The van der Waals surface area contributed by atoms with Crippen LogP contribution in [0.15, 0.2) is 24.3 Å². The number of amides is 2. The zero-order valence-corrected chi connectivity index (χ0v) is 12.3. The molecule has 1 saturated heterocycles. The molecule has 20 heavy (non-hydrogen) atoms. The Balaban J connectivity index is 2.15. The van der Waals surface area contributed by atoms with Gasteiger partial charge in [0.25, 0.3) is 0 Å². The summed E-state index contributed by atoms with van der Waals surface area (Å²) in [5, 5.41) is 2.89. The number of carbonyl (C=O) groups excluding carboxylic acids is 2. The monoisotopic (exact) mass is 274 g/mol. The average Bonchev–Trinajstić information content (AvgIpc) is 2.80. The Kier molecular flexibility index (Phi) is 4.42. The fourth-order valence-electron chi connectivity index (χ4n) is 2.59. The molecular weight excluding hydrogens is 252 g/mol. The molecule has 0 bridgehead atoms. The van der Waals surface area contributed by atoms with Crippen LogP contribution in [0.1, 0.15) is 32.8 Å². The van der Waals surface area contributed by atoms with E-state index in [1.807, 2.05) is 38.1 Å². The van der Waals surface area contributed by atoms with Crippen molar-refractivity contribution in [3.63, 3.8) is 0 Å². The number of carbonyl (C=O) groups is 2. The lowest BCUT2D eigenvalue weighted by Crippen LogP contribution is -2.37. The Morgan fingerprint density at radius 2 is 2.10 bits per heavy atom. The topological polar surface area (TPSA) is 49.4 Å². The number of nitrogens with one attached hydrogen (secondary N) is 1. The lowest BCUT2D eigenvalue weighted by Gasteiger charge is -2.20.